The van der Waals surface area contributed by atoms with Gasteiger partial charge in [-0.25, -0.2) is 0 Å². The molecule has 0 bridgehead atoms. The number of anilines is 1. The van der Waals surface area contributed by atoms with Crippen molar-refractivity contribution in [2.75, 3.05) is 11.9 Å². The molecule has 0 aromatic heterocycles. The Morgan fingerprint density at radius 2 is 1.93 bits per heavy atom. The van der Waals surface area contributed by atoms with E-state index in [2.05, 4.69) is 26.6 Å². The van der Waals surface area contributed by atoms with Crippen LogP contribution in [0.3, 0.4) is 0 Å². The van der Waals surface area contributed by atoms with E-state index in [4.69, 9.17) is 17.0 Å². The minimum Gasteiger partial charge on any atom is -0.492 e. The molecule has 2 rings (SSSR count). The van der Waals surface area contributed by atoms with E-state index in [1.807, 2.05) is 13.8 Å². The summed E-state index contributed by atoms with van der Waals surface area (Å²) >= 11 is 8.49. The van der Waals surface area contributed by atoms with Gasteiger partial charge in [0, 0.05) is 22.3 Å². The van der Waals surface area contributed by atoms with Gasteiger partial charge in [0.2, 0.25) is 0 Å². The molecule has 0 atom stereocenters. The van der Waals surface area contributed by atoms with Gasteiger partial charge >= 0.3 is 0 Å². The van der Waals surface area contributed by atoms with Crippen molar-refractivity contribution in [2.24, 2.45) is 5.92 Å². The van der Waals surface area contributed by atoms with E-state index in [9.17, 15) is 14.9 Å². The third-order valence-corrected chi connectivity index (χ3v) is 4.02. The van der Waals surface area contributed by atoms with E-state index in [0.29, 0.717) is 29.5 Å². The molecule has 2 aromatic rings. The molecule has 0 fully saturated rings. The number of hydrogen-bond acceptors (Lipinski definition) is 5. The van der Waals surface area contributed by atoms with Crippen LogP contribution in [0.25, 0.3) is 0 Å². The van der Waals surface area contributed by atoms with Gasteiger partial charge in [-0.05, 0) is 48.5 Å². The summed E-state index contributed by atoms with van der Waals surface area (Å²) in [7, 11) is 0. The number of nitro groups is 1. The van der Waals surface area contributed by atoms with Crippen molar-refractivity contribution in [3.63, 3.8) is 0 Å². The highest BCUT2D eigenvalue weighted by Crippen LogP contribution is 2.24. The maximum absolute atomic E-state index is 12.6. The predicted octanol–water partition coefficient (Wildman–Crippen LogP) is 4.52. The number of nitro benzene ring substituents is 1. The normalized spacial score (nSPS) is 10.4. The van der Waals surface area contributed by atoms with Crippen LogP contribution < -0.4 is 15.4 Å². The fourth-order valence-electron chi connectivity index (χ4n) is 2.06. The van der Waals surface area contributed by atoms with Crippen molar-refractivity contribution in [3.8, 4) is 5.75 Å². The van der Waals surface area contributed by atoms with E-state index in [1.165, 1.54) is 24.3 Å². The second-order valence-corrected chi connectivity index (χ2v) is 7.38. The lowest BCUT2D eigenvalue weighted by Crippen LogP contribution is -2.34. The fourth-order valence-corrected chi connectivity index (χ4v) is 2.63. The summed E-state index contributed by atoms with van der Waals surface area (Å²) in [6.45, 7) is 4.51. The molecule has 142 valence electrons. The summed E-state index contributed by atoms with van der Waals surface area (Å²) in [5.74, 6) is 0.353. The lowest BCUT2D eigenvalue weighted by Gasteiger charge is -2.14. The Morgan fingerprint density at radius 1 is 1.26 bits per heavy atom. The Bertz CT molecular complexity index is 856. The number of thiocarbonyl (C=S) groups is 1. The van der Waals surface area contributed by atoms with Crippen LogP contribution in [0.4, 0.5) is 11.4 Å². The second-order valence-electron chi connectivity index (χ2n) is 6.06. The Labute approximate surface area is 170 Å². The zero-order valence-electron chi connectivity index (χ0n) is 14.7. The number of halogens is 1. The molecule has 1 amide bonds. The molecule has 0 unspecified atom stereocenters. The number of amides is 1. The molecule has 27 heavy (non-hydrogen) atoms. The van der Waals surface area contributed by atoms with Crippen molar-refractivity contribution in [2.45, 2.75) is 13.8 Å². The number of rotatable bonds is 6. The van der Waals surface area contributed by atoms with Crippen molar-refractivity contribution in [3.05, 3.63) is 62.6 Å². The maximum atomic E-state index is 12.6. The summed E-state index contributed by atoms with van der Waals surface area (Å²) in [5, 5.41) is 16.2. The van der Waals surface area contributed by atoms with Crippen LogP contribution >= 0.6 is 28.1 Å². The molecule has 7 nitrogen and oxygen atoms in total. The monoisotopic (exact) mass is 451 g/mol. The Balaban J connectivity index is 2.06. The number of carbonyl (C=O) groups excluding carboxylic acids is 1. The highest BCUT2D eigenvalue weighted by molar-refractivity contribution is 9.10. The van der Waals surface area contributed by atoms with Gasteiger partial charge in [-0.2, -0.15) is 0 Å². The largest absolute Gasteiger partial charge is 0.492 e. The van der Waals surface area contributed by atoms with Gasteiger partial charge in [-0.1, -0.05) is 29.8 Å². The average Bonchev–Trinajstić information content (AvgIpc) is 2.60. The third kappa shape index (κ3) is 6.30. The average molecular weight is 452 g/mol. The van der Waals surface area contributed by atoms with E-state index >= 15 is 0 Å². The Morgan fingerprint density at radius 3 is 2.52 bits per heavy atom. The van der Waals surface area contributed by atoms with E-state index in [-0.39, 0.29) is 10.8 Å². The first-order valence-electron chi connectivity index (χ1n) is 8.05. The van der Waals surface area contributed by atoms with Gasteiger partial charge < -0.3 is 10.1 Å². The molecule has 0 saturated carbocycles. The topological polar surface area (TPSA) is 93.5 Å². The first-order chi connectivity index (χ1) is 12.8. The molecule has 0 heterocycles. The van der Waals surface area contributed by atoms with Crippen LogP contribution in [-0.2, 0) is 0 Å². The highest BCUT2D eigenvalue weighted by Gasteiger charge is 2.15. The molecular formula is C18H18BrN3O4S. The van der Waals surface area contributed by atoms with Crippen molar-refractivity contribution in [1.29, 1.82) is 0 Å². The quantitative estimate of drug-likeness (QED) is 0.380. The first-order valence-corrected chi connectivity index (χ1v) is 9.25. The van der Waals surface area contributed by atoms with Crippen molar-refractivity contribution in [1.82, 2.24) is 5.32 Å². The molecule has 2 N–H and O–H groups in total. The molecule has 0 spiro atoms. The number of nitrogens with zero attached hydrogens (tertiary/aromatic N) is 1. The number of benzene rings is 2. The van der Waals surface area contributed by atoms with Gasteiger partial charge in [0.25, 0.3) is 11.6 Å². The lowest BCUT2D eigenvalue weighted by molar-refractivity contribution is -0.384. The standard InChI is InChI=1S/C18H18BrN3O4S/c1-11(2)10-26-16-8-3-12(19)9-15(16)17(23)21-18(27)20-13-4-6-14(7-5-13)22(24)25/h3-9,11H,10H2,1-2H3,(H2,20,21,23,27). The van der Waals surface area contributed by atoms with Gasteiger partial charge in [0.1, 0.15) is 5.75 Å². The summed E-state index contributed by atoms with van der Waals surface area (Å²) in [5.41, 5.74) is 0.839. The van der Waals surface area contributed by atoms with E-state index in [0.717, 1.165) is 4.47 Å². The second kappa shape index (κ2) is 9.43. The number of carbonyl (C=O) groups is 1. The smallest absolute Gasteiger partial charge is 0.269 e. The van der Waals surface area contributed by atoms with Crippen LogP contribution in [0.1, 0.15) is 24.2 Å². The van der Waals surface area contributed by atoms with Crippen LogP contribution in [-0.4, -0.2) is 22.5 Å². The van der Waals surface area contributed by atoms with E-state index in [1.54, 1.807) is 18.2 Å². The molecule has 0 radical (unpaired) electrons. The van der Waals surface area contributed by atoms with Gasteiger partial charge in [-0.15, -0.1) is 0 Å². The molecule has 0 aliphatic carbocycles. The van der Waals surface area contributed by atoms with Crippen molar-refractivity contribution < 1.29 is 14.5 Å². The SMILES string of the molecule is CC(C)COc1ccc(Br)cc1C(=O)NC(=S)Nc1ccc([N+](=O)[O-])cc1. The van der Waals surface area contributed by atoms with Gasteiger partial charge in [-0.3, -0.25) is 20.2 Å². The summed E-state index contributed by atoms with van der Waals surface area (Å²) in [6, 6.07) is 10.9. The van der Waals surface area contributed by atoms with Crippen LogP contribution in [0, 0.1) is 16.0 Å². The molecule has 9 heteroatoms. The van der Waals surface area contributed by atoms with Crippen molar-refractivity contribution >= 4 is 50.5 Å². The number of hydrogen-bond donors (Lipinski definition) is 2. The Hall–Kier alpha value is -2.52. The molecule has 2 aromatic carbocycles. The summed E-state index contributed by atoms with van der Waals surface area (Å²) in [4.78, 5) is 22.8. The van der Waals surface area contributed by atoms with Gasteiger partial charge in [0.15, 0.2) is 5.11 Å². The first kappa shape index (κ1) is 20.8. The number of non-ortho nitro benzene ring substituents is 1. The highest BCUT2D eigenvalue weighted by atomic mass is 79.9. The summed E-state index contributed by atoms with van der Waals surface area (Å²) < 4.78 is 6.44. The summed E-state index contributed by atoms with van der Waals surface area (Å²) in [6.07, 6.45) is 0. The third-order valence-electron chi connectivity index (χ3n) is 3.32. The zero-order valence-corrected chi connectivity index (χ0v) is 17.1. The van der Waals surface area contributed by atoms with Crippen LogP contribution in [0.15, 0.2) is 46.9 Å². The van der Waals surface area contributed by atoms with Crippen LogP contribution in [0.2, 0.25) is 0 Å². The molecule has 0 saturated heterocycles. The minimum absolute atomic E-state index is 0.0309. The molecule has 0 aliphatic heterocycles. The molecular weight excluding hydrogens is 434 g/mol. The fraction of sp³-hybridized carbons (Fsp3) is 0.222. The lowest BCUT2D eigenvalue weighted by atomic mass is 10.2. The van der Waals surface area contributed by atoms with E-state index < -0.39 is 10.8 Å². The maximum Gasteiger partial charge on any atom is 0.269 e. The Kier molecular flexibility index (Phi) is 7.26. The van der Waals surface area contributed by atoms with Gasteiger partial charge in [0.05, 0.1) is 17.1 Å². The number of nitrogens with one attached hydrogen (secondary N) is 2. The number of ether oxygens (including phenoxy) is 1. The van der Waals surface area contributed by atoms with Crippen LogP contribution in [0.5, 0.6) is 5.75 Å². The minimum atomic E-state index is -0.490. The molecule has 0 aliphatic rings. The zero-order chi connectivity index (χ0) is 20.0. The predicted molar refractivity (Wildman–Crippen MR) is 111 cm³/mol.